The van der Waals surface area contributed by atoms with Gasteiger partial charge >= 0.3 is 0 Å². The van der Waals surface area contributed by atoms with Crippen LogP contribution in [-0.2, 0) is 0 Å². The van der Waals surface area contributed by atoms with Crippen LogP contribution >= 0.6 is 0 Å². The highest BCUT2D eigenvalue weighted by Gasteiger charge is 2.47. The third-order valence-corrected chi connectivity index (χ3v) is 2.10. The molecule has 0 amide bonds. The Bertz CT molecular complexity index is 104. The minimum atomic E-state index is -1.64. The van der Waals surface area contributed by atoms with Crippen LogP contribution in [0.5, 0.6) is 0 Å². The average Bonchev–Trinajstić information content (AvgIpc) is 2.08. The fraction of sp³-hybridized carbons (Fsp3) is 1.00. The Labute approximate surface area is 68.3 Å². The Hall–Kier alpha value is -0.240. The van der Waals surface area contributed by atoms with Crippen molar-refractivity contribution >= 4 is 0 Å². The van der Waals surface area contributed by atoms with Gasteiger partial charge in [0.05, 0.1) is 0 Å². The lowest BCUT2D eigenvalue weighted by atomic mass is 9.85. The zero-order valence-corrected chi connectivity index (χ0v) is 6.15. The monoisotopic (exact) mass is 180 g/mol. The van der Waals surface area contributed by atoms with Gasteiger partial charge in [0.25, 0.3) is 0 Å². The maximum atomic E-state index is 8.97. The topological polar surface area (TPSA) is 121 Å². The summed E-state index contributed by atoms with van der Waals surface area (Å²) in [6.45, 7) is 0. The molecule has 0 spiro atoms. The maximum Gasteiger partial charge on any atom is 0.111 e. The first-order valence-electron chi connectivity index (χ1n) is 3.55. The van der Waals surface area contributed by atoms with Crippen molar-refractivity contribution in [1.82, 2.24) is 0 Å². The van der Waals surface area contributed by atoms with Gasteiger partial charge in [0.1, 0.15) is 36.6 Å². The molecular formula is C6H12O6. The lowest BCUT2D eigenvalue weighted by Gasteiger charge is -2.39. The molecule has 1 rings (SSSR count). The predicted molar refractivity (Wildman–Crippen MR) is 36.0 cm³/mol. The van der Waals surface area contributed by atoms with Gasteiger partial charge in [-0.2, -0.15) is 0 Å². The molecule has 0 saturated heterocycles. The van der Waals surface area contributed by atoms with Gasteiger partial charge in [0, 0.05) is 0 Å². The largest absolute Gasteiger partial charge is 0.387 e. The van der Waals surface area contributed by atoms with Crippen molar-refractivity contribution in [2.45, 2.75) is 36.6 Å². The van der Waals surface area contributed by atoms with Gasteiger partial charge in [-0.15, -0.1) is 0 Å². The highest BCUT2D eigenvalue weighted by Crippen LogP contribution is 2.20. The van der Waals surface area contributed by atoms with Crippen molar-refractivity contribution in [3.05, 3.63) is 0 Å². The van der Waals surface area contributed by atoms with E-state index in [1.165, 1.54) is 0 Å². The van der Waals surface area contributed by atoms with Crippen molar-refractivity contribution in [1.29, 1.82) is 0 Å². The number of rotatable bonds is 0. The normalized spacial score (nSPS) is 55.5. The summed E-state index contributed by atoms with van der Waals surface area (Å²) in [5.41, 5.74) is 0. The van der Waals surface area contributed by atoms with E-state index < -0.39 is 36.6 Å². The molecule has 1 saturated carbocycles. The zero-order valence-electron chi connectivity index (χ0n) is 6.15. The minimum Gasteiger partial charge on any atom is -0.387 e. The van der Waals surface area contributed by atoms with Crippen LogP contribution in [0, 0.1) is 0 Å². The van der Waals surface area contributed by atoms with Crippen LogP contribution in [0.2, 0.25) is 0 Å². The van der Waals surface area contributed by atoms with E-state index in [2.05, 4.69) is 0 Å². The van der Waals surface area contributed by atoms with E-state index >= 15 is 0 Å². The second kappa shape index (κ2) is 3.25. The Kier molecular flexibility index (Phi) is 2.67. The molecule has 1 aliphatic rings. The molecule has 0 aliphatic heterocycles. The van der Waals surface area contributed by atoms with E-state index in [4.69, 9.17) is 30.6 Å². The van der Waals surface area contributed by atoms with Gasteiger partial charge in [0.15, 0.2) is 0 Å². The van der Waals surface area contributed by atoms with E-state index in [9.17, 15) is 0 Å². The summed E-state index contributed by atoms with van der Waals surface area (Å²) in [6, 6.07) is 0. The van der Waals surface area contributed by atoms with Gasteiger partial charge in [-0.05, 0) is 0 Å². The van der Waals surface area contributed by atoms with Gasteiger partial charge < -0.3 is 30.6 Å². The fourth-order valence-electron chi connectivity index (χ4n) is 1.21. The molecule has 6 nitrogen and oxygen atoms in total. The lowest BCUT2D eigenvalue weighted by molar-refractivity contribution is -0.223. The van der Waals surface area contributed by atoms with Crippen LogP contribution < -0.4 is 0 Å². The van der Waals surface area contributed by atoms with Gasteiger partial charge in [-0.3, -0.25) is 0 Å². The summed E-state index contributed by atoms with van der Waals surface area (Å²) in [5.74, 6) is 0. The van der Waals surface area contributed by atoms with E-state index in [1.807, 2.05) is 0 Å². The second-order valence-corrected chi connectivity index (χ2v) is 2.94. The lowest BCUT2D eigenvalue weighted by Crippen LogP contribution is -2.63. The average molecular weight is 180 g/mol. The predicted octanol–water partition coefficient (Wildman–Crippen LogP) is -3.83. The minimum absolute atomic E-state index is 1.64. The van der Waals surface area contributed by atoms with E-state index in [1.54, 1.807) is 0 Å². The smallest absolute Gasteiger partial charge is 0.111 e. The van der Waals surface area contributed by atoms with E-state index in [0.717, 1.165) is 0 Å². The number of hydrogen-bond acceptors (Lipinski definition) is 6. The van der Waals surface area contributed by atoms with Gasteiger partial charge in [-0.25, -0.2) is 0 Å². The molecule has 0 aromatic rings. The first kappa shape index (κ1) is 9.85. The molecular weight excluding hydrogens is 168 g/mol. The summed E-state index contributed by atoms with van der Waals surface area (Å²) < 4.78 is 0. The number of aliphatic hydroxyl groups excluding tert-OH is 6. The molecule has 1 aliphatic carbocycles. The van der Waals surface area contributed by atoms with Crippen LogP contribution in [0.1, 0.15) is 0 Å². The van der Waals surface area contributed by atoms with Gasteiger partial charge in [-0.1, -0.05) is 0 Å². The van der Waals surface area contributed by atoms with Crippen molar-refractivity contribution in [3.8, 4) is 0 Å². The Morgan fingerprint density at radius 1 is 0.333 bits per heavy atom. The zero-order chi connectivity index (χ0) is 9.46. The Balaban J connectivity index is 2.76. The molecule has 0 bridgehead atoms. The summed E-state index contributed by atoms with van der Waals surface area (Å²) >= 11 is 0. The molecule has 6 heteroatoms. The first-order chi connectivity index (χ1) is 5.46. The molecule has 1 fully saturated rings. The van der Waals surface area contributed by atoms with Crippen LogP contribution in [0.4, 0.5) is 0 Å². The molecule has 6 N–H and O–H groups in total. The summed E-state index contributed by atoms with van der Waals surface area (Å²) in [4.78, 5) is 0. The van der Waals surface area contributed by atoms with Crippen molar-refractivity contribution < 1.29 is 30.6 Å². The van der Waals surface area contributed by atoms with Crippen molar-refractivity contribution in [2.24, 2.45) is 0 Å². The summed E-state index contributed by atoms with van der Waals surface area (Å²) in [6.07, 6.45) is -9.84. The van der Waals surface area contributed by atoms with E-state index in [0.29, 0.717) is 0 Å². The molecule has 0 unspecified atom stereocenters. The third kappa shape index (κ3) is 1.33. The molecule has 12 heavy (non-hydrogen) atoms. The first-order valence-corrected chi connectivity index (χ1v) is 3.55. The van der Waals surface area contributed by atoms with Crippen molar-refractivity contribution in [2.75, 3.05) is 0 Å². The van der Waals surface area contributed by atoms with Crippen LogP contribution in [-0.4, -0.2) is 67.3 Å². The van der Waals surface area contributed by atoms with Crippen molar-refractivity contribution in [3.63, 3.8) is 0 Å². The van der Waals surface area contributed by atoms with E-state index in [-0.39, 0.29) is 0 Å². The van der Waals surface area contributed by atoms with Gasteiger partial charge in [0.2, 0.25) is 0 Å². The molecule has 0 aromatic carbocycles. The highest BCUT2D eigenvalue weighted by molar-refractivity contribution is 4.98. The van der Waals surface area contributed by atoms with Crippen LogP contribution in [0.15, 0.2) is 0 Å². The second-order valence-electron chi connectivity index (χ2n) is 2.94. The summed E-state index contributed by atoms with van der Waals surface area (Å²) in [5, 5.41) is 53.8. The standard InChI is InChI=1S/C6H12O6/c7-1-2(8)4(10)6(12)5(11)3(1)9/h1-12H/t1-,2-,3-,4-,5-,6-. The SMILES string of the molecule is O[C@H]1[C@H](O)[C@H](O)[C@H](O)[C@@H](O)[C@H]1O. The molecule has 0 aromatic heterocycles. The summed E-state index contributed by atoms with van der Waals surface area (Å²) in [7, 11) is 0. The quantitative estimate of drug-likeness (QED) is 0.227. The maximum absolute atomic E-state index is 8.97. The van der Waals surface area contributed by atoms with Crippen LogP contribution in [0.3, 0.4) is 0 Å². The number of hydrogen-bond donors (Lipinski definition) is 6. The molecule has 0 heterocycles. The Morgan fingerprint density at radius 3 is 0.500 bits per heavy atom. The van der Waals surface area contributed by atoms with Crippen LogP contribution in [0.25, 0.3) is 0 Å². The Morgan fingerprint density at radius 2 is 0.417 bits per heavy atom. The number of aliphatic hydroxyl groups is 6. The highest BCUT2D eigenvalue weighted by atomic mass is 16.4. The molecule has 72 valence electrons. The molecule has 0 atom stereocenters. The third-order valence-electron chi connectivity index (χ3n) is 2.10. The molecule has 0 radical (unpaired) electrons. The fourth-order valence-corrected chi connectivity index (χ4v) is 1.21.